The van der Waals surface area contributed by atoms with Gasteiger partial charge < -0.3 is 10.0 Å². The van der Waals surface area contributed by atoms with Crippen LogP contribution in [0, 0.1) is 13.8 Å². The number of ketones is 1. The van der Waals surface area contributed by atoms with Gasteiger partial charge in [0.1, 0.15) is 5.75 Å². The maximum absolute atomic E-state index is 12.9. The summed E-state index contributed by atoms with van der Waals surface area (Å²) in [6.07, 6.45) is 1.78. The molecule has 0 aliphatic carbocycles. The fraction of sp³-hybridized carbons (Fsp3) is 0.333. The normalized spacial score (nSPS) is 15.1. The van der Waals surface area contributed by atoms with Gasteiger partial charge in [0.15, 0.2) is 10.9 Å². The second-order valence-electron chi connectivity index (χ2n) is 7.11. The number of aromatic nitrogens is 2. The van der Waals surface area contributed by atoms with E-state index in [1.54, 1.807) is 23.6 Å². The van der Waals surface area contributed by atoms with Crippen LogP contribution in [0.1, 0.15) is 21.7 Å². The Morgan fingerprint density at radius 2 is 1.93 bits per heavy atom. The Bertz CT molecular complexity index is 972. The summed E-state index contributed by atoms with van der Waals surface area (Å²) in [5.41, 5.74) is 3.61. The van der Waals surface area contributed by atoms with Gasteiger partial charge in [-0.3, -0.25) is 14.3 Å². The summed E-state index contributed by atoms with van der Waals surface area (Å²) in [5.74, 6) is 0.452. The number of benzene rings is 1. The summed E-state index contributed by atoms with van der Waals surface area (Å²) < 4.78 is 2.05. The van der Waals surface area contributed by atoms with Crippen LogP contribution in [-0.4, -0.2) is 58.1 Å². The van der Waals surface area contributed by atoms with E-state index in [1.807, 2.05) is 48.1 Å². The first-order valence-electron chi connectivity index (χ1n) is 9.42. The summed E-state index contributed by atoms with van der Waals surface area (Å²) >= 11 is 1.57. The lowest BCUT2D eigenvalue weighted by Gasteiger charge is -2.35. The lowest BCUT2D eigenvalue weighted by Crippen LogP contribution is -2.48. The average molecular weight is 397 g/mol. The van der Waals surface area contributed by atoms with Crippen LogP contribution >= 0.6 is 11.3 Å². The fourth-order valence-electron chi connectivity index (χ4n) is 3.83. The highest BCUT2D eigenvalue weighted by atomic mass is 32.1. The Morgan fingerprint density at radius 1 is 1.18 bits per heavy atom. The molecule has 3 aromatic rings. The molecule has 2 aromatic heterocycles. The monoisotopic (exact) mass is 396 g/mol. The van der Waals surface area contributed by atoms with Gasteiger partial charge in [-0.2, -0.15) is 0 Å². The number of hydrogen-bond donors (Lipinski definition) is 1. The Balaban J connectivity index is 1.42. The smallest absolute Gasteiger partial charge is 0.193 e. The minimum Gasteiger partial charge on any atom is -0.506 e. The highest BCUT2D eigenvalue weighted by Gasteiger charge is 2.23. The third-order valence-electron chi connectivity index (χ3n) is 5.30. The number of nitrogens with zero attached hydrogens (tertiary/aromatic N) is 4. The summed E-state index contributed by atoms with van der Waals surface area (Å²) in [6.45, 7) is 7.59. The second-order valence-corrected chi connectivity index (χ2v) is 7.98. The number of rotatable bonds is 5. The molecular weight excluding hydrogens is 372 g/mol. The Hall–Kier alpha value is -2.64. The quantitative estimate of drug-likeness (QED) is 0.671. The molecule has 3 heterocycles. The van der Waals surface area contributed by atoms with Crippen LogP contribution < -0.4 is 4.90 Å². The van der Waals surface area contributed by atoms with Gasteiger partial charge in [-0.1, -0.05) is 12.1 Å². The number of Topliss-reactive ketones (excluding diaryl/α,β-unsaturated/α-hetero) is 1. The van der Waals surface area contributed by atoms with E-state index in [2.05, 4.69) is 14.8 Å². The lowest BCUT2D eigenvalue weighted by molar-refractivity contribution is 0.0925. The van der Waals surface area contributed by atoms with Crippen molar-refractivity contribution in [1.82, 2.24) is 14.5 Å². The first kappa shape index (κ1) is 18.7. The maximum atomic E-state index is 12.9. The molecule has 0 atom stereocenters. The van der Waals surface area contributed by atoms with Crippen molar-refractivity contribution in [2.75, 3.05) is 37.6 Å². The Kier molecular flexibility index (Phi) is 5.19. The zero-order valence-corrected chi connectivity index (χ0v) is 16.9. The largest absolute Gasteiger partial charge is 0.506 e. The highest BCUT2D eigenvalue weighted by Crippen LogP contribution is 2.27. The molecule has 6 nitrogen and oxygen atoms in total. The van der Waals surface area contributed by atoms with Crippen LogP contribution in [0.15, 0.2) is 41.9 Å². The standard InChI is InChI=1S/C21H24N4O2S/c1-15-13-17(16(2)25(15)21-22-7-12-28-21)20(27)14-23-8-10-24(11-9-23)18-5-3-4-6-19(18)26/h3-7,12-13,26H,8-11,14H2,1-2H3. The number of para-hydroxylation sites is 2. The third-order valence-corrected chi connectivity index (χ3v) is 6.06. The average Bonchev–Trinajstić information content (AvgIpc) is 3.30. The van der Waals surface area contributed by atoms with Crippen molar-refractivity contribution < 1.29 is 9.90 Å². The van der Waals surface area contributed by atoms with Gasteiger partial charge >= 0.3 is 0 Å². The van der Waals surface area contributed by atoms with Gasteiger partial charge in [-0.05, 0) is 32.0 Å². The van der Waals surface area contributed by atoms with E-state index in [0.717, 1.165) is 53.9 Å². The number of aryl methyl sites for hydroxylation is 1. The lowest BCUT2D eigenvalue weighted by atomic mass is 10.1. The molecule has 1 aliphatic rings. The first-order chi connectivity index (χ1) is 13.5. The van der Waals surface area contributed by atoms with E-state index in [0.29, 0.717) is 12.3 Å². The van der Waals surface area contributed by atoms with Crippen molar-refractivity contribution in [1.29, 1.82) is 0 Å². The zero-order valence-electron chi connectivity index (χ0n) is 16.1. The van der Waals surface area contributed by atoms with Crippen LogP contribution in [0.4, 0.5) is 5.69 Å². The molecule has 28 heavy (non-hydrogen) atoms. The number of phenols is 1. The Morgan fingerprint density at radius 3 is 2.61 bits per heavy atom. The number of piperazine rings is 1. The molecule has 0 radical (unpaired) electrons. The van der Waals surface area contributed by atoms with Gasteiger partial charge in [-0.15, -0.1) is 11.3 Å². The summed E-state index contributed by atoms with van der Waals surface area (Å²) in [7, 11) is 0. The van der Waals surface area contributed by atoms with Crippen molar-refractivity contribution in [2.45, 2.75) is 13.8 Å². The molecule has 1 aliphatic heterocycles. The van der Waals surface area contributed by atoms with Crippen LogP contribution in [-0.2, 0) is 0 Å². The number of anilines is 1. The summed E-state index contributed by atoms with van der Waals surface area (Å²) in [5, 5.41) is 12.9. The predicted octanol–water partition coefficient (Wildman–Crippen LogP) is 3.26. The molecule has 0 bridgehead atoms. The summed E-state index contributed by atoms with van der Waals surface area (Å²) in [4.78, 5) is 21.7. The van der Waals surface area contributed by atoms with E-state index >= 15 is 0 Å². The van der Waals surface area contributed by atoms with Crippen LogP contribution in [0.3, 0.4) is 0 Å². The van der Waals surface area contributed by atoms with Crippen LogP contribution in [0.25, 0.3) is 5.13 Å². The highest BCUT2D eigenvalue weighted by molar-refractivity contribution is 7.12. The van der Waals surface area contributed by atoms with E-state index in [4.69, 9.17) is 0 Å². The number of carbonyl (C=O) groups is 1. The summed E-state index contributed by atoms with van der Waals surface area (Å²) in [6, 6.07) is 9.38. The molecule has 1 saturated heterocycles. The van der Waals surface area contributed by atoms with Gasteiger partial charge in [0.25, 0.3) is 0 Å². The molecule has 1 N–H and O–H groups in total. The number of thiazole rings is 1. The number of hydrogen-bond acceptors (Lipinski definition) is 6. The van der Waals surface area contributed by atoms with Crippen molar-refractivity contribution in [3.05, 3.63) is 58.9 Å². The Labute approximate surface area is 168 Å². The van der Waals surface area contributed by atoms with E-state index in [9.17, 15) is 9.90 Å². The minimum atomic E-state index is 0.145. The number of phenolic OH excluding ortho intramolecular Hbond substituents is 1. The minimum absolute atomic E-state index is 0.145. The maximum Gasteiger partial charge on any atom is 0.193 e. The number of aromatic hydroxyl groups is 1. The van der Waals surface area contributed by atoms with E-state index in [-0.39, 0.29) is 5.78 Å². The zero-order chi connectivity index (χ0) is 19.7. The molecule has 1 aromatic carbocycles. The number of carbonyl (C=O) groups excluding carboxylic acids is 1. The van der Waals surface area contributed by atoms with Gasteiger partial charge in [0.05, 0.1) is 12.2 Å². The molecule has 0 saturated carbocycles. The van der Waals surface area contributed by atoms with E-state index < -0.39 is 0 Å². The fourth-order valence-corrected chi connectivity index (χ4v) is 4.58. The van der Waals surface area contributed by atoms with Gasteiger partial charge in [-0.25, -0.2) is 4.98 Å². The molecule has 7 heteroatoms. The van der Waals surface area contributed by atoms with Crippen molar-refractivity contribution in [3.8, 4) is 10.9 Å². The SMILES string of the molecule is Cc1cc(C(=O)CN2CCN(c3ccccc3O)CC2)c(C)n1-c1nccs1. The van der Waals surface area contributed by atoms with E-state index in [1.165, 1.54) is 0 Å². The van der Waals surface area contributed by atoms with Crippen molar-refractivity contribution in [2.24, 2.45) is 0 Å². The van der Waals surface area contributed by atoms with Gasteiger partial charge in [0.2, 0.25) is 0 Å². The van der Waals surface area contributed by atoms with Gasteiger partial charge in [0, 0.05) is 54.7 Å². The topological polar surface area (TPSA) is 61.6 Å². The molecule has 0 spiro atoms. The molecule has 0 amide bonds. The third kappa shape index (κ3) is 3.55. The van der Waals surface area contributed by atoms with Crippen molar-refractivity contribution in [3.63, 3.8) is 0 Å². The van der Waals surface area contributed by atoms with Crippen LogP contribution in [0.5, 0.6) is 5.75 Å². The molecule has 146 valence electrons. The molecule has 0 unspecified atom stereocenters. The predicted molar refractivity (Wildman–Crippen MR) is 112 cm³/mol. The molecule has 4 rings (SSSR count). The molecule has 1 fully saturated rings. The van der Waals surface area contributed by atoms with Crippen LogP contribution in [0.2, 0.25) is 0 Å². The first-order valence-corrected chi connectivity index (χ1v) is 10.3. The molecular formula is C21H24N4O2S. The second kappa shape index (κ2) is 7.77. The van der Waals surface area contributed by atoms with Crippen molar-refractivity contribution >= 4 is 22.8 Å².